The minimum absolute atomic E-state index is 0.121. The number of hydrogen-bond acceptors (Lipinski definition) is 4. The second kappa shape index (κ2) is 6.32. The van der Waals surface area contributed by atoms with E-state index in [4.69, 9.17) is 14.2 Å². The maximum absolute atomic E-state index is 11.9. The fourth-order valence-electron chi connectivity index (χ4n) is 1.40. The van der Waals surface area contributed by atoms with Gasteiger partial charge in [-0.05, 0) is 0 Å². The van der Waals surface area contributed by atoms with Crippen molar-refractivity contribution in [3.63, 3.8) is 0 Å². The van der Waals surface area contributed by atoms with Crippen LogP contribution in [0.25, 0.3) is 0 Å². The van der Waals surface area contributed by atoms with Gasteiger partial charge in [0.2, 0.25) is 0 Å². The standard InChI is InChI=1S/C10H15F3O4/c1-15-4-5-17-9-7(14)6-8(9)16-3-2-10(11,12)13/h8-9H,2-6H2,1H3. The summed E-state index contributed by atoms with van der Waals surface area (Å²) in [5, 5.41) is 0. The number of halogens is 3. The zero-order chi connectivity index (χ0) is 12.9. The minimum Gasteiger partial charge on any atom is -0.382 e. The molecule has 2 atom stereocenters. The Labute approximate surface area is 97.0 Å². The molecule has 0 radical (unpaired) electrons. The Kier molecular flexibility index (Phi) is 5.35. The average Bonchev–Trinajstić information content (AvgIpc) is 2.21. The van der Waals surface area contributed by atoms with E-state index in [-0.39, 0.29) is 18.8 Å². The molecular formula is C10H15F3O4. The highest BCUT2D eigenvalue weighted by atomic mass is 19.4. The van der Waals surface area contributed by atoms with Crippen LogP contribution in [0.1, 0.15) is 12.8 Å². The maximum atomic E-state index is 11.9. The van der Waals surface area contributed by atoms with Crippen LogP contribution < -0.4 is 0 Å². The summed E-state index contributed by atoms with van der Waals surface area (Å²) in [6.07, 6.45) is -6.42. The van der Waals surface area contributed by atoms with Crippen molar-refractivity contribution in [1.82, 2.24) is 0 Å². The molecule has 100 valence electrons. The van der Waals surface area contributed by atoms with E-state index in [1.807, 2.05) is 0 Å². The summed E-state index contributed by atoms with van der Waals surface area (Å²) in [4.78, 5) is 11.1. The van der Waals surface area contributed by atoms with E-state index in [0.717, 1.165) is 0 Å². The Hall–Kier alpha value is -0.660. The van der Waals surface area contributed by atoms with Crippen molar-refractivity contribution in [2.24, 2.45) is 0 Å². The molecule has 0 amide bonds. The molecule has 1 rings (SSSR count). The third kappa shape index (κ3) is 5.01. The highest BCUT2D eigenvalue weighted by molar-refractivity contribution is 5.90. The predicted molar refractivity (Wildman–Crippen MR) is 51.7 cm³/mol. The van der Waals surface area contributed by atoms with Crippen LogP contribution in [-0.4, -0.2) is 51.1 Å². The number of carbonyl (C=O) groups excluding carboxylic acids is 1. The molecule has 0 aromatic carbocycles. The lowest BCUT2D eigenvalue weighted by Crippen LogP contribution is -2.51. The van der Waals surface area contributed by atoms with E-state index in [1.165, 1.54) is 7.11 Å². The van der Waals surface area contributed by atoms with Gasteiger partial charge in [-0.25, -0.2) is 0 Å². The topological polar surface area (TPSA) is 44.8 Å². The van der Waals surface area contributed by atoms with Gasteiger partial charge >= 0.3 is 6.18 Å². The van der Waals surface area contributed by atoms with Crippen molar-refractivity contribution < 1.29 is 32.2 Å². The van der Waals surface area contributed by atoms with Crippen LogP contribution >= 0.6 is 0 Å². The zero-order valence-electron chi connectivity index (χ0n) is 9.46. The first kappa shape index (κ1) is 14.4. The van der Waals surface area contributed by atoms with Gasteiger partial charge in [0.05, 0.1) is 32.3 Å². The van der Waals surface area contributed by atoms with Crippen molar-refractivity contribution in [3.05, 3.63) is 0 Å². The Bertz CT molecular complexity index is 254. The van der Waals surface area contributed by atoms with Gasteiger partial charge in [0, 0.05) is 13.5 Å². The SMILES string of the molecule is COCCOC1C(=O)CC1OCCC(F)(F)F. The first-order valence-corrected chi connectivity index (χ1v) is 5.25. The molecule has 0 aromatic rings. The molecule has 0 saturated heterocycles. The molecule has 4 nitrogen and oxygen atoms in total. The minimum atomic E-state index is -4.24. The Morgan fingerprint density at radius 3 is 2.47 bits per heavy atom. The molecule has 0 aliphatic heterocycles. The Morgan fingerprint density at radius 2 is 1.94 bits per heavy atom. The molecule has 0 bridgehead atoms. The average molecular weight is 256 g/mol. The molecule has 1 aliphatic rings. The van der Waals surface area contributed by atoms with Crippen LogP contribution in [0, 0.1) is 0 Å². The van der Waals surface area contributed by atoms with Gasteiger partial charge in [0.15, 0.2) is 5.78 Å². The number of ether oxygens (including phenoxy) is 3. The van der Waals surface area contributed by atoms with Gasteiger partial charge in [0.25, 0.3) is 0 Å². The summed E-state index contributed by atoms with van der Waals surface area (Å²) in [7, 11) is 1.49. The van der Waals surface area contributed by atoms with Gasteiger partial charge in [-0.2, -0.15) is 13.2 Å². The highest BCUT2D eigenvalue weighted by Gasteiger charge is 2.42. The summed E-state index contributed by atoms with van der Waals surface area (Å²) >= 11 is 0. The van der Waals surface area contributed by atoms with E-state index in [1.54, 1.807) is 0 Å². The molecule has 1 fully saturated rings. The number of ketones is 1. The zero-order valence-corrected chi connectivity index (χ0v) is 9.46. The van der Waals surface area contributed by atoms with Gasteiger partial charge in [0.1, 0.15) is 6.10 Å². The van der Waals surface area contributed by atoms with E-state index in [2.05, 4.69) is 0 Å². The van der Waals surface area contributed by atoms with Crippen LogP contribution in [-0.2, 0) is 19.0 Å². The quantitative estimate of drug-likeness (QED) is 0.645. The van der Waals surface area contributed by atoms with Crippen molar-refractivity contribution in [2.75, 3.05) is 26.9 Å². The molecule has 0 aromatic heterocycles. The maximum Gasteiger partial charge on any atom is 0.391 e. The number of methoxy groups -OCH3 is 1. The predicted octanol–water partition coefficient (Wildman–Crippen LogP) is 1.33. The van der Waals surface area contributed by atoms with E-state index in [0.29, 0.717) is 6.61 Å². The molecule has 7 heteroatoms. The van der Waals surface area contributed by atoms with Crippen molar-refractivity contribution in [3.8, 4) is 0 Å². The number of Topliss-reactive ketones (excluding diaryl/α,β-unsaturated/α-hetero) is 1. The van der Waals surface area contributed by atoms with Crippen molar-refractivity contribution >= 4 is 5.78 Å². The van der Waals surface area contributed by atoms with Crippen LogP contribution in [0.15, 0.2) is 0 Å². The van der Waals surface area contributed by atoms with Gasteiger partial charge in [-0.1, -0.05) is 0 Å². The van der Waals surface area contributed by atoms with Gasteiger partial charge < -0.3 is 14.2 Å². The second-order valence-electron chi connectivity index (χ2n) is 3.73. The first-order chi connectivity index (χ1) is 7.94. The number of alkyl halides is 3. The fraction of sp³-hybridized carbons (Fsp3) is 0.900. The molecule has 0 spiro atoms. The summed E-state index contributed by atoms with van der Waals surface area (Å²) in [5.41, 5.74) is 0. The molecule has 17 heavy (non-hydrogen) atoms. The van der Waals surface area contributed by atoms with Crippen LogP contribution in [0.2, 0.25) is 0 Å². The van der Waals surface area contributed by atoms with Crippen LogP contribution in [0.5, 0.6) is 0 Å². The molecular weight excluding hydrogens is 241 g/mol. The second-order valence-corrected chi connectivity index (χ2v) is 3.73. The van der Waals surface area contributed by atoms with Crippen molar-refractivity contribution in [2.45, 2.75) is 31.2 Å². The van der Waals surface area contributed by atoms with E-state index < -0.39 is 31.4 Å². The largest absolute Gasteiger partial charge is 0.391 e. The normalized spacial score (nSPS) is 24.8. The van der Waals surface area contributed by atoms with Crippen molar-refractivity contribution in [1.29, 1.82) is 0 Å². The molecule has 0 heterocycles. The van der Waals surface area contributed by atoms with E-state index in [9.17, 15) is 18.0 Å². The Balaban J connectivity index is 2.18. The summed E-state index contributed by atoms with van der Waals surface area (Å²) < 4.78 is 50.4. The van der Waals surface area contributed by atoms with Gasteiger partial charge in [-0.3, -0.25) is 4.79 Å². The van der Waals surface area contributed by atoms with Crippen LogP contribution in [0.3, 0.4) is 0 Å². The van der Waals surface area contributed by atoms with Gasteiger partial charge in [-0.15, -0.1) is 0 Å². The summed E-state index contributed by atoms with van der Waals surface area (Å²) in [6.45, 7) is 0.122. The number of rotatable bonds is 7. The lowest BCUT2D eigenvalue weighted by molar-refractivity contribution is -0.179. The smallest absolute Gasteiger partial charge is 0.382 e. The summed E-state index contributed by atoms with van der Waals surface area (Å²) in [5.74, 6) is -0.141. The van der Waals surface area contributed by atoms with E-state index >= 15 is 0 Å². The lowest BCUT2D eigenvalue weighted by atomic mass is 9.90. The third-order valence-electron chi connectivity index (χ3n) is 2.36. The number of hydrogen-bond donors (Lipinski definition) is 0. The molecule has 0 N–H and O–H groups in total. The molecule has 1 aliphatic carbocycles. The highest BCUT2D eigenvalue weighted by Crippen LogP contribution is 2.25. The molecule has 1 saturated carbocycles. The first-order valence-electron chi connectivity index (χ1n) is 5.25. The van der Waals surface area contributed by atoms with Crippen LogP contribution in [0.4, 0.5) is 13.2 Å². The summed E-state index contributed by atoms with van der Waals surface area (Å²) in [6, 6.07) is 0. The Morgan fingerprint density at radius 1 is 1.24 bits per heavy atom. The fourth-order valence-corrected chi connectivity index (χ4v) is 1.40. The monoisotopic (exact) mass is 256 g/mol. The third-order valence-corrected chi connectivity index (χ3v) is 2.36. The lowest BCUT2D eigenvalue weighted by Gasteiger charge is -2.34. The molecule has 2 unspecified atom stereocenters. The number of carbonyl (C=O) groups is 1.